The molecule has 1 aromatic carbocycles. The Kier molecular flexibility index (Phi) is 4.26. The van der Waals surface area contributed by atoms with Crippen LogP contribution in [0.4, 0.5) is 13.2 Å². The Morgan fingerprint density at radius 3 is 2.67 bits per heavy atom. The maximum absolute atomic E-state index is 12.8. The second-order valence-electron chi connectivity index (χ2n) is 4.30. The number of halogens is 3. The van der Waals surface area contributed by atoms with E-state index in [0.717, 1.165) is 28.1 Å². The van der Waals surface area contributed by atoms with Gasteiger partial charge in [0.2, 0.25) is 0 Å². The van der Waals surface area contributed by atoms with Crippen LogP contribution in [0.1, 0.15) is 11.3 Å². The summed E-state index contributed by atoms with van der Waals surface area (Å²) >= 11 is 0.794. The van der Waals surface area contributed by atoms with Crippen LogP contribution in [0, 0.1) is 6.92 Å². The highest BCUT2D eigenvalue weighted by Crippen LogP contribution is 2.32. The van der Waals surface area contributed by atoms with Crippen molar-refractivity contribution in [2.75, 3.05) is 5.75 Å². The average molecular weight is 316 g/mol. The molecule has 0 bridgehead atoms. The van der Waals surface area contributed by atoms with E-state index in [9.17, 15) is 18.0 Å². The predicted octanol–water partition coefficient (Wildman–Crippen LogP) is 3.38. The molecule has 0 unspecified atom stereocenters. The van der Waals surface area contributed by atoms with Crippen LogP contribution in [0.5, 0.6) is 0 Å². The van der Waals surface area contributed by atoms with Gasteiger partial charge in [0.05, 0.1) is 11.4 Å². The van der Waals surface area contributed by atoms with E-state index in [0.29, 0.717) is 5.69 Å². The number of aromatic nitrogens is 2. The van der Waals surface area contributed by atoms with Gasteiger partial charge in [0.15, 0.2) is 5.69 Å². The minimum Gasteiger partial charge on any atom is -0.481 e. The van der Waals surface area contributed by atoms with Gasteiger partial charge in [0.1, 0.15) is 5.03 Å². The van der Waals surface area contributed by atoms with Crippen LogP contribution in [0.2, 0.25) is 0 Å². The van der Waals surface area contributed by atoms with Gasteiger partial charge in [-0.3, -0.25) is 4.79 Å². The lowest BCUT2D eigenvalue weighted by Crippen LogP contribution is -2.07. The molecule has 8 heteroatoms. The summed E-state index contributed by atoms with van der Waals surface area (Å²) in [5, 5.41) is 12.4. The van der Waals surface area contributed by atoms with Crippen molar-refractivity contribution in [3.05, 3.63) is 41.6 Å². The van der Waals surface area contributed by atoms with Crippen LogP contribution in [0.15, 0.2) is 35.4 Å². The standard InChI is InChI=1S/C13H11F3N2O2S/c1-8-3-2-4-9(5-8)18-11(21-7-12(19)20)6-10(17-18)13(14,15)16/h2-6H,7H2,1H3,(H,19,20). The first-order valence-corrected chi connectivity index (χ1v) is 6.85. The maximum Gasteiger partial charge on any atom is 0.435 e. The van der Waals surface area contributed by atoms with E-state index < -0.39 is 17.8 Å². The smallest absolute Gasteiger partial charge is 0.435 e. The van der Waals surface area contributed by atoms with Gasteiger partial charge in [-0.15, -0.1) is 0 Å². The van der Waals surface area contributed by atoms with Crippen LogP contribution in [0.3, 0.4) is 0 Å². The molecule has 0 saturated carbocycles. The van der Waals surface area contributed by atoms with Crippen LogP contribution in [-0.4, -0.2) is 26.6 Å². The summed E-state index contributed by atoms with van der Waals surface area (Å²) in [5.74, 6) is -1.44. The zero-order valence-electron chi connectivity index (χ0n) is 10.9. The number of carboxylic acids is 1. The highest BCUT2D eigenvalue weighted by molar-refractivity contribution is 7.99. The van der Waals surface area contributed by atoms with Crippen LogP contribution >= 0.6 is 11.8 Å². The third kappa shape index (κ3) is 3.78. The Morgan fingerprint density at radius 2 is 2.10 bits per heavy atom. The Bertz CT molecular complexity index is 668. The molecular weight excluding hydrogens is 305 g/mol. The topological polar surface area (TPSA) is 55.1 Å². The molecule has 0 spiro atoms. The molecular formula is C13H11F3N2O2S. The molecule has 0 radical (unpaired) electrons. The number of hydrogen-bond acceptors (Lipinski definition) is 3. The Labute approximate surface area is 122 Å². The molecule has 1 aromatic heterocycles. The first-order valence-electron chi connectivity index (χ1n) is 5.86. The van der Waals surface area contributed by atoms with E-state index in [4.69, 9.17) is 5.11 Å². The van der Waals surface area contributed by atoms with Crippen molar-refractivity contribution in [2.45, 2.75) is 18.1 Å². The first-order chi connectivity index (χ1) is 9.77. The summed E-state index contributed by atoms with van der Waals surface area (Å²) in [7, 11) is 0. The lowest BCUT2D eigenvalue weighted by atomic mass is 10.2. The molecule has 4 nitrogen and oxygen atoms in total. The van der Waals surface area contributed by atoms with Crippen molar-refractivity contribution in [3.8, 4) is 5.69 Å². The van der Waals surface area contributed by atoms with E-state index in [-0.39, 0.29) is 10.8 Å². The molecule has 0 aliphatic carbocycles. The molecule has 1 heterocycles. The van der Waals surface area contributed by atoms with Crippen LogP contribution in [0.25, 0.3) is 5.69 Å². The molecule has 0 fully saturated rings. The molecule has 112 valence electrons. The third-order valence-electron chi connectivity index (χ3n) is 2.56. The fourth-order valence-corrected chi connectivity index (χ4v) is 2.42. The van der Waals surface area contributed by atoms with Crippen molar-refractivity contribution in [2.24, 2.45) is 0 Å². The van der Waals surface area contributed by atoms with Gasteiger partial charge >= 0.3 is 12.1 Å². The highest BCUT2D eigenvalue weighted by Gasteiger charge is 2.35. The SMILES string of the molecule is Cc1cccc(-n2nc(C(F)(F)F)cc2SCC(=O)O)c1. The molecule has 0 aliphatic heterocycles. The zero-order valence-corrected chi connectivity index (χ0v) is 11.7. The van der Waals surface area contributed by atoms with Gasteiger partial charge in [-0.05, 0) is 24.6 Å². The maximum atomic E-state index is 12.8. The molecule has 0 atom stereocenters. The Balaban J connectivity index is 2.46. The van der Waals surface area contributed by atoms with Crippen LogP contribution < -0.4 is 0 Å². The minimum absolute atomic E-state index is 0.135. The number of rotatable bonds is 4. The Hall–Kier alpha value is -1.96. The van der Waals surface area contributed by atoms with Gasteiger partial charge in [0.25, 0.3) is 0 Å². The van der Waals surface area contributed by atoms with Gasteiger partial charge in [-0.1, -0.05) is 23.9 Å². The molecule has 0 saturated heterocycles. The predicted molar refractivity (Wildman–Crippen MR) is 71.7 cm³/mol. The number of aryl methyl sites for hydroxylation is 1. The van der Waals surface area contributed by atoms with Crippen molar-refractivity contribution >= 4 is 17.7 Å². The van der Waals surface area contributed by atoms with Crippen LogP contribution in [-0.2, 0) is 11.0 Å². The summed E-state index contributed by atoms with van der Waals surface area (Å²) in [6.45, 7) is 1.81. The summed E-state index contributed by atoms with van der Waals surface area (Å²) in [6.07, 6.45) is -4.58. The van der Waals surface area contributed by atoms with Gasteiger partial charge < -0.3 is 5.11 Å². The molecule has 1 N–H and O–H groups in total. The van der Waals surface area contributed by atoms with E-state index in [2.05, 4.69) is 5.10 Å². The monoisotopic (exact) mass is 316 g/mol. The number of carbonyl (C=O) groups is 1. The number of aliphatic carboxylic acids is 1. The van der Waals surface area contributed by atoms with E-state index in [1.807, 2.05) is 13.0 Å². The number of carboxylic acid groups (broad SMARTS) is 1. The summed E-state index contributed by atoms with van der Waals surface area (Å²) in [5.41, 5.74) is 0.279. The van der Waals surface area contributed by atoms with E-state index in [1.54, 1.807) is 18.2 Å². The van der Waals surface area contributed by atoms with Gasteiger partial charge in [-0.2, -0.15) is 18.3 Å². The quantitative estimate of drug-likeness (QED) is 0.879. The van der Waals surface area contributed by atoms with Gasteiger partial charge in [0, 0.05) is 6.07 Å². The number of hydrogen-bond donors (Lipinski definition) is 1. The summed E-state index contributed by atoms with van der Waals surface area (Å²) in [6, 6.07) is 7.66. The minimum atomic E-state index is -4.58. The molecule has 2 rings (SSSR count). The number of alkyl halides is 3. The molecule has 2 aromatic rings. The second-order valence-corrected chi connectivity index (χ2v) is 5.29. The lowest BCUT2D eigenvalue weighted by molar-refractivity contribution is -0.141. The molecule has 21 heavy (non-hydrogen) atoms. The van der Waals surface area contributed by atoms with Crippen molar-refractivity contribution in [1.82, 2.24) is 9.78 Å². The van der Waals surface area contributed by atoms with Gasteiger partial charge in [-0.25, -0.2) is 4.68 Å². The van der Waals surface area contributed by atoms with E-state index in [1.165, 1.54) is 0 Å². The zero-order chi connectivity index (χ0) is 15.6. The Morgan fingerprint density at radius 1 is 1.38 bits per heavy atom. The number of thioether (sulfide) groups is 1. The number of nitrogens with zero attached hydrogens (tertiary/aromatic N) is 2. The molecule has 0 aliphatic rings. The average Bonchev–Trinajstić information content (AvgIpc) is 2.80. The van der Waals surface area contributed by atoms with Crippen molar-refractivity contribution in [3.63, 3.8) is 0 Å². The first kappa shape index (κ1) is 15.4. The lowest BCUT2D eigenvalue weighted by Gasteiger charge is -2.07. The molecule has 0 amide bonds. The summed E-state index contributed by atoms with van der Waals surface area (Å²) < 4.78 is 39.4. The van der Waals surface area contributed by atoms with E-state index >= 15 is 0 Å². The number of benzene rings is 1. The van der Waals surface area contributed by atoms with Crippen molar-refractivity contribution in [1.29, 1.82) is 0 Å². The largest absolute Gasteiger partial charge is 0.481 e. The summed E-state index contributed by atoms with van der Waals surface area (Å²) in [4.78, 5) is 10.6. The normalized spacial score (nSPS) is 11.6. The fourth-order valence-electron chi connectivity index (χ4n) is 1.69. The fraction of sp³-hybridized carbons (Fsp3) is 0.231. The highest BCUT2D eigenvalue weighted by atomic mass is 32.2. The third-order valence-corrected chi connectivity index (χ3v) is 3.53. The second kappa shape index (κ2) is 5.80. The van der Waals surface area contributed by atoms with Crippen molar-refractivity contribution < 1.29 is 23.1 Å².